The Morgan fingerprint density at radius 2 is 1.66 bits per heavy atom. The van der Waals surface area contributed by atoms with Crippen molar-refractivity contribution in [2.24, 2.45) is 0 Å². The molecule has 3 aliphatic heterocycles. The van der Waals surface area contributed by atoms with Gasteiger partial charge in [0.2, 0.25) is 5.91 Å². The highest BCUT2D eigenvalue weighted by Crippen LogP contribution is 2.42. The van der Waals surface area contributed by atoms with Crippen LogP contribution in [0.25, 0.3) is 0 Å². The number of likely N-dealkylation sites (tertiary alicyclic amines) is 1. The molecule has 0 atom stereocenters. The molecule has 240 valence electrons. The number of benzene rings is 2. The van der Waals surface area contributed by atoms with Crippen LogP contribution in [-0.2, 0) is 21.2 Å². The predicted octanol–water partition coefficient (Wildman–Crippen LogP) is 4.63. The van der Waals surface area contributed by atoms with Crippen LogP contribution in [0.4, 0.5) is 52.6 Å². The van der Waals surface area contributed by atoms with E-state index in [-0.39, 0.29) is 68.4 Å². The summed E-state index contributed by atoms with van der Waals surface area (Å²) >= 11 is 0. The van der Waals surface area contributed by atoms with Crippen molar-refractivity contribution in [3.05, 3.63) is 47.5 Å². The first-order valence-corrected chi connectivity index (χ1v) is 15.2. The Labute approximate surface area is 248 Å². The van der Waals surface area contributed by atoms with Gasteiger partial charge in [-0.15, -0.1) is 0 Å². The minimum absolute atomic E-state index is 0.0936. The summed E-state index contributed by atoms with van der Waals surface area (Å²) in [6, 6.07) is 3.72. The number of hydrogen-bond donors (Lipinski definition) is 2. The van der Waals surface area contributed by atoms with E-state index in [1.807, 2.05) is 0 Å². The molecule has 2 saturated heterocycles. The number of anilines is 3. The lowest BCUT2D eigenvalue weighted by molar-refractivity contribution is -0.287. The maximum absolute atomic E-state index is 14.2. The van der Waals surface area contributed by atoms with Crippen molar-refractivity contribution in [2.75, 3.05) is 47.2 Å². The fourth-order valence-electron chi connectivity index (χ4n) is 5.60. The van der Waals surface area contributed by atoms with E-state index in [1.54, 1.807) is 0 Å². The summed E-state index contributed by atoms with van der Waals surface area (Å²) < 4.78 is 121. The van der Waals surface area contributed by atoms with Crippen molar-refractivity contribution < 1.29 is 48.7 Å². The molecule has 3 amide bonds. The Bertz CT molecular complexity index is 1560. The summed E-state index contributed by atoms with van der Waals surface area (Å²) in [7, 11) is -4.43. The molecule has 9 nitrogen and oxygen atoms in total. The quantitative estimate of drug-likeness (QED) is 0.426. The van der Waals surface area contributed by atoms with E-state index in [4.69, 9.17) is 0 Å². The molecule has 2 fully saturated rings. The van der Waals surface area contributed by atoms with Gasteiger partial charge in [-0.2, -0.15) is 22.0 Å². The number of urea groups is 1. The van der Waals surface area contributed by atoms with Crippen LogP contribution in [0.1, 0.15) is 31.2 Å². The number of carbonyl (C=O) groups is 2. The highest BCUT2D eigenvalue weighted by Gasteiger charge is 2.58. The minimum atomic E-state index is -5.66. The van der Waals surface area contributed by atoms with Gasteiger partial charge in [-0.1, -0.05) is 0 Å². The van der Waals surface area contributed by atoms with Gasteiger partial charge in [0, 0.05) is 44.7 Å². The zero-order valence-electron chi connectivity index (χ0n) is 23.1. The van der Waals surface area contributed by atoms with Crippen molar-refractivity contribution in [3.63, 3.8) is 0 Å². The van der Waals surface area contributed by atoms with Crippen molar-refractivity contribution >= 4 is 39.0 Å². The molecule has 5 rings (SSSR count). The molecule has 0 aromatic heterocycles. The second kappa shape index (κ2) is 11.7. The number of sulfonamides is 1. The fourth-order valence-corrected chi connectivity index (χ4v) is 6.73. The van der Waals surface area contributed by atoms with E-state index in [1.165, 1.54) is 21.9 Å². The van der Waals surface area contributed by atoms with Gasteiger partial charge in [0.1, 0.15) is 11.6 Å². The Hall–Kier alpha value is -3.60. The van der Waals surface area contributed by atoms with E-state index in [0.29, 0.717) is 23.7 Å². The largest absolute Gasteiger partial charge is 0.454 e. The second-order valence-corrected chi connectivity index (χ2v) is 12.6. The average molecular weight is 652 g/mol. The number of amides is 3. The van der Waals surface area contributed by atoms with Gasteiger partial charge in [-0.25, -0.2) is 22.0 Å². The Morgan fingerprint density at radius 3 is 2.27 bits per heavy atom. The summed E-state index contributed by atoms with van der Waals surface area (Å²) in [5.74, 6) is -7.19. The molecule has 0 radical (unpaired) electrons. The molecule has 0 bridgehead atoms. The number of nitrogens with zero attached hydrogens (tertiary/aromatic N) is 3. The van der Waals surface area contributed by atoms with Crippen LogP contribution in [0, 0.1) is 11.6 Å². The highest BCUT2D eigenvalue weighted by molar-refractivity contribution is 7.92. The van der Waals surface area contributed by atoms with E-state index in [9.17, 15) is 48.7 Å². The molecular weight excluding hydrogens is 623 g/mol. The zero-order valence-corrected chi connectivity index (χ0v) is 23.9. The van der Waals surface area contributed by atoms with Gasteiger partial charge in [0.25, 0.3) is 10.0 Å². The Kier molecular flexibility index (Phi) is 8.48. The predicted molar refractivity (Wildman–Crippen MR) is 145 cm³/mol. The molecular formula is C27H28F7N5O4S. The Morgan fingerprint density at radius 1 is 0.955 bits per heavy atom. The van der Waals surface area contributed by atoms with Crippen LogP contribution in [0.15, 0.2) is 35.2 Å². The summed E-state index contributed by atoms with van der Waals surface area (Å²) in [5, 5.41) is 2.78. The molecule has 2 N–H and O–H groups in total. The third-order valence-electron chi connectivity index (χ3n) is 7.86. The van der Waals surface area contributed by atoms with Gasteiger partial charge in [0.15, 0.2) is 0 Å². The van der Waals surface area contributed by atoms with Crippen LogP contribution < -0.4 is 19.8 Å². The Balaban J connectivity index is 1.35. The number of rotatable bonds is 7. The third-order valence-corrected chi connectivity index (χ3v) is 9.21. The van der Waals surface area contributed by atoms with E-state index >= 15 is 0 Å². The van der Waals surface area contributed by atoms with E-state index < -0.39 is 58.1 Å². The third kappa shape index (κ3) is 6.43. The zero-order chi connectivity index (χ0) is 32.0. The SMILES string of the molecule is O=C1CCCN1c1cc(S(=O)(=O)Nc2ccc(F)cc2F)cc2c1N(C(=O)NC1CCN(CC(F)(F)C(F)(F)F)CC1)CC2. The summed E-state index contributed by atoms with van der Waals surface area (Å²) in [6.45, 7) is -1.30. The van der Waals surface area contributed by atoms with Gasteiger partial charge in [0.05, 0.1) is 28.5 Å². The topological polar surface area (TPSA) is 102 Å². The van der Waals surface area contributed by atoms with E-state index in [0.717, 1.165) is 17.0 Å². The summed E-state index contributed by atoms with van der Waals surface area (Å²) in [6.07, 6.45) is -4.52. The number of piperidine rings is 1. The molecule has 44 heavy (non-hydrogen) atoms. The number of fused-ring (bicyclic) bond motifs is 1. The van der Waals surface area contributed by atoms with Crippen LogP contribution >= 0.6 is 0 Å². The second-order valence-electron chi connectivity index (χ2n) is 10.9. The smallest absolute Gasteiger partial charge is 0.335 e. The number of nitrogens with one attached hydrogen (secondary N) is 2. The van der Waals surface area contributed by atoms with E-state index in [2.05, 4.69) is 10.0 Å². The van der Waals surface area contributed by atoms with Crippen molar-refractivity contribution in [1.82, 2.24) is 10.2 Å². The lowest BCUT2D eigenvalue weighted by Gasteiger charge is -2.35. The number of alkyl halides is 5. The molecule has 17 heteroatoms. The van der Waals surface area contributed by atoms with Crippen LogP contribution in [0.3, 0.4) is 0 Å². The van der Waals surface area contributed by atoms with Crippen molar-refractivity contribution in [1.29, 1.82) is 0 Å². The van der Waals surface area contributed by atoms with Crippen molar-refractivity contribution in [2.45, 2.75) is 55.1 Å². The lowest BCUT2D eigenvalue weighted by Crippen LogP contribution is -2.53. The lowest BCUT2D eigenvalue weighted by atomic mass is 10.0. The maximum atomic E-state index is 14.2. The molecule has 0 unspecified atom stereocenters. The highest BCUT2D eigenvalue weighted by atomic mass is 32.2. The fraction of sp³-hybridized carbons (Fsp3) is 0.481. The maximum Gasteiger partial charge on any atom is 0.454 e. The number of hydrogen-bond acceptors (Lipinski definition) is 5. The van der Waals surface area contributed by atoms with Crippen LogP contribution in [0.2, 0.25) is 0 Å². The van der Waals surface area contributed by atoms with Crippen LogP contribution in [-0.4, -0.2) is 76.1 Å². The molecule has 0 saturated carbocycles. The standard InChI is InChI=1S/C27H28F7N5O4S/c28-17-3-4-21(20(29)13-17)36-44(42,43)19-12-16-5-11-39(24(16)22(14-19)38-8-1-2-23(38)40)25(41)35-18-6-9-37(10-7-18)15-26(30,31)27(32,33)34/h3-4,12-14,18,36H,1-2,5-11,15H2,(H,35,41). The summed E-state index contributed by atoms with van der Waals surface area (Å²) in [5.41, 5.74) is 0.384. The minimum Gasteiger partial charge on any atom is -0.335 e. The average Bonchev–Trinajstić information content (AvgIpc) is 3.56. The molecule has 0 aliphatic carbocycles. The molecule has 0 spiro atoms. The van der Waals surface area contributed by atoms with Gasteiger partial charge < -0.3 is 10.2 Å². The number of halogens is 7. The first kappa shape index (κ1) is 31.8. The first-order valence-electron chi connectivity index (χ1n) is 13.8. The first-order chi connectivity index (χ1) is 20.6. The summed E-state index contributed by atoms with van der Waals surface area (Å²) in [4.78, 5) is 29.5. The van der Waals surface area contributed by atoms with Gasteiger partial charge in [-0.05, 0) is 55.5 Å². The van der Waals surface area contributed by atoms with Gasteiger partial charge in [-0.3, -0.25) is 19.3 Å². The number of carbonyl (C=O) groups excluding carboxylic acids is 2. The molecule has 2 aromatic carbocycles. The van der Waals surface area contributed by atoms with Crippen LogP contribution in [0.5, 0.6) is 0 Å². The van der Waals surface area contributed by atoms with Crippen molar-refractivity contribution in [3.8, 4) is 0 Å². The molecule has 2 aromatic rings. The van der Waals surface area contributed by atoms with Gasteiger partial charge >= 0.3 is 18.1 Å². The molecule has 3 heterocycles. The molecule has 3 aliphatic rings. The monoisotopic (exact) mass is 651 g/mol. The normalized spacial score (nSPS) is 18.6.